The van der Waals surface area contributed by atoms with Crippen LogP contribution in [0.1, 0.15) is 53.5 Å². The van der Waals surface area contributed by atoms with Gasteiger partial charge in [0.15, 0.2) is 0 Å². The molecule has 2 heterocycles. The number of imidazole rings is 1. The third kappa shape index (κ3) is 5.00. The number of aromatic nitrogens is 2. The minimum Gasteiger partial charge on any atom is -0.496 e. The van der Waals surface area contributed by atoms with Crippen molar-refractivity contribution in [3.05, 3.63) is 77.9 Å². The summed E-state index contributed by atoms with van der Waals surface area (Å²) < 4.78 is 35.4. The molecule has 0 spiro atoms. The van der Waals surface area contributed by atoms with Crippen LogP contribution in [-0.2, 0) is 17.1 Å². The zero-order chi connectivity index (χ0) is 24.1. The predicted octanol–water partition coefficient (Wildman–Crippen LogP) is 3.51. The minimum absolute atomic E-state index is 0.0913. The maximum atomic E-state index is 13.5. The molecule has 1 fully saturated rings. The number of methoxy groups -OCH3 is 1. The lowest BCUT2D eigenvalue weighted by Gasteiger charge is -2.22. The Morgan fingerprint density at radius 1 is 1.06 bits per heavy atom. The molecule has 0 bridgehead atoms. The van der Waals surface area contributed by atoms with Gasteiger partial charge in [0, 0.05) is 32.5 Å². The molecule has 1 unspecified atom stereocenters. The smallest absolute Gasteiger partial charge is 0.255 e. The molecule has 8 nitrogen and oxygen atoms in total. The molecule has 1 amide bonds. The monoisotopic (exact) mass is 482 g/mol. The van der Waals surface area contributed by atoms with Crippen LogP contribution < -0.4 is 10.1 Å². The number of hydrogen-bond acceptors (Lipinski definition) is 5. The zero-order valence-corrected chi connectivity index (χ0v) is 20.3. The van der Waals surface area contributed by atoms with Crippen LogP contribution in [0.5, 0.6) is 5.75 Å². The van der Waals surface area contributed by atoms with Gasteiger partial charge in [0.2, 0.25) is 10.0 Å². The fraction of sp³-hybridized carbons (Fsp3) is 0.360. The molecule has 1 aromatic heterocycles. The minimum atomic E-state index is -3.72. The van der Waals surface area contributed by atoms with Crippen LogP contribution in [0, 0.1) is 0 Å². The predicted molar refractivity (Wildman–Crippen MR) is 129 cm³/mol. The Morgan fingerprint density at radius 3 is 2.38 bits per heavy atom. The van der Waals surface area contributed by atoms with Crippen LogP contribution >= 0.6 is 0 Å². The van der Waals surface area contributed by atoms with Gasteiger partial charge in [0.25, 0.3) is 5.91 Å². The fourth-order valence-corrected chi connectivity index (χ4v) is 5.81. The van der Waals surface area contributed by atoms with E-state index < -0.39 is 22.0 Å². The molecule has 3 aromatic rings. The summed E-state index contributed by atoms with van der Waals surface area (Å²) in [6.45, 7) is 0.982. The van der Waals surface area contributed by atoms with Crippen molar-refractivity contribution in [1.29, 1.82) is 0 Å². The lowest BCUT2D eigenvalue weighted by molar-refractivity contribution is 0.0938. The SMILES string of the molecule is COc1ccc(S(=O)(=O)N2CCCCCC2)cc1C(=O)NC(c1ccccc1)c1nccn1C. The molecule has 9 heteroatoms. The largest absolute Gasteiger partial charge is 0.496 e. The first kappa shape index (κ1) is 24.0. The van der Waals surface area contributed by atoms with Gasteiger partial charge in [-0.05, 0) is 36.6 Å². The van der Waals surface area contributed by atoms with Gasteiger partial charge in [-0.1, -0.05) is 43.2 Å². The number of aryl methyl sites for hydroxylation is 1. The molecule has 1 saturated heterocycles. The first-order valence-corrected chi connectivity index (χ1v) is 12.9. The first-order valence-electron chi connectivity index (χ1n) is 11.4. The van der Waals surface area contributed by atoms with Gasteiger partial charge in [-0.2, -0.15) is 4.31 Å². The number of sulfonamides is 1. The van der Waals surface area contributed by atoms with Crippen LogP contribution in [0.15, 0.2) is 65.8 Å². The van der Waals surface area contributed by atoms with Crippen LogP contribution in [0.25, 0.3) is 0 Å². The second kappa shape index (κ2) is 10.4. The molecule has 0 saturated carbocycles. The van der Waals surface area contributed by atoms with E-state index in [1.54, 1.807) is 6.20 Å². The van der Waals surface area contributed by atoms with E-state index in [1.165, 1.54) is 29.6 Å². The average molecular weight is 483 g/mol. The number of benzene rings is 2. The summed E-state index contributed by atoms with van der Waals surface area (Å²) in [6, 6.07) is 13.5. The Bertz CT molecular complexity index is 1230. The summed E-state index contributed by atoms with van der Waals surface area (Å²) in [5.74, 6) is 0.521. The zero-order valence-electron chi connectivity index (χ0n) is 19.5. The number of nitrogens with one attached hydrogen (secondary N) is 1. The highest BCUT2D eigenvalue weighted by Crippen LogP contribution is 2.28. The topological polar surface area (TPSA) is 93.5 Å². The van der Waals surface area contributed by atoms with Gasteiger partial charge < -0.3 is 14.6 Å². The van der Waals surface area contributed by atoms with Crippen LogP contribution in [0.4, 0.5) is 0 Å². The molecule has 4 rings (SSSR count). The summed E-state index contributed by atoms with van der Waals surface area (Å²) in [5.41, 5.74) is 1.02. The van der Waals surface area contributed by atoms with Gasteiger partial charge in [0.1, 0.15) is 17.6 Å². The van der Waals surface area contributed by atoms with Crippen molar-refractivity contribution in [2.75, 3.05) is 20.2 Å². The van der Waals surface area contributed by atoms with Gasteiger partial charge >= 0.3 is 0 Å². The molecular weight excluding hydrogens is 452 g/mol. The van der Waals surface area contributed by atoms with Gasteiger partial charge in [0.05, 0.1) is 17.6 Å². The molecular formula is C25H30N4O4S. The van der Waals surface area contributed by atoms with E-state index in [2.05, 4.69) is 10.3 Å². The Hall–Kier alpha value is -3.17. The quantitative estimate of drug-likeness (QED) is 0.556. The van der Waals surface area contributed by atoms with Gasteiger partial charge in [-0.3, -0.25) is 4.79 Å². The summed E-state index contributed by atoms with van der Waals surface area (Å²) in [4.78, 5) is 18.0. The Labute approximate surface area is 200 Å². The molecule has 180 valence electrons. The van der Waals surface area contributed by atoms with Gasteiger partial charge in [-0.25, -0.2) is 13.4 Å². The number of amides is 1. The second-order valence-electron chi connectivity index (χ2n) is 8.39. The van der Waals surface area contributed by atoms with E-state index in [0.717, 1.165) is 31.2 Å². The number of rotatable bonds is 7. The van der Waals surface area contributed by atoms with E-state index in [1.807, 2.05) is 48.1 Å². The van der Waals surface area contributed by atoms with E-state index in [-0.39, 0.29) is 10.5 Å². The van der Waals surface area contributed by atoms with E-state index in [0.29, 0.717) is 24.7 Å². The van der Waals surface area contributed by atoms with Crippen molar-refractivity contribution in [3.8, 4) is 5.75 Å². The number of carbonyl (C=O) groups excluding carboxylic acids is 1. The van der Waals surface area contributed by atoms with E-state index in [9.17, 15) is 13.2 Å². The third-order valence-corrected chi connectivity index (χ3v) is 8.04. The van der Waals surface area contributed by atoms with Crippen molar-refractivity contribution in [1.82, 2.24) is 19.2 Å². The van der Waals surface area contributed by atoms with Crippen LogP contribution in [0.2, 0.25) is 0 Å². The van der Waals surface area contributed by atoms with E-state index >= 15 is 0 Å². The highest BCUT2D eigenvalue weighted by atomic mass is 32.2. The summed E-state index contributed by atoms with van der Waals surface area (Å²) >= 11 is 0. The number of nitrogens with zero attached hydrogens (tertiary/aromatic N) is 3. The number of carbonyl (C=O) groups is 1. The average Bonchev–Trinajstić information content (AvgIpc) is 3.09. The third-order valence-electron chi connectivity index (χ3n) is 6.14. The Balaban J connectivity index is 1.68. The standard InChI is InChI=1S/C25H30N4O4S/c1-28-17-14-26-24(28)23(19-10-6-5-7-11-19)27-25(30)21-18-20(12-13-22(21)33-2)34(31,32)29-15-8-3-4-9-16-29/h5-7,10-14,17-18,23H,3-4,8-9,15-16H2,1-2H3,(H,27,30). The molecule has 1 aliphatic rings. The van der Waals surface area contributed by atoms with Crippen molar-refractivity contribution >= 4 is 15.9 Å². The fourth-order valence-electron chi connectivity index (χ4n) is 4.26. The molecule has 1 N–H and O–H groups in total. The highest BCUT2D eigenvalue weighted by Gasteiger charge is 2.28. The molecule has 2 aromatic carbocycles. The number of hydrogen-bond donors (Lipinski definition) is 1. The molecule has 0 radical (unpaired) electrons. The van der Waals surface area contributed by atoms with Crippen LogP contribution in [-0.4, -0.2) is 48.4 Å². The number of ether oxygens (including phenoxy) is 1. The molecule has 1 aliphatic heterocycles. The van der Waals surface area contributed by atoms with Crippen molar-refractivity contribution < 1.29 is 17.9 Å². The Morgan fingerprint density at radius 2 is 1.76 bits per heavy atom. The summed E-state index contributed by atoms with van der Waals surface area (Å²) in [5, 5.41) is 3.03. The normalized spacial score (nSPS) is 15.9. The van der Waals surface area contributed by atoms with Crippen molar-refractivity contribution in [2.24, 2.45) is 7.05 Å². The van der Waals surface area contributed by atoms with Crippen molar-refractivity contribution in [3.63, 3.8) is 0 Å². The Kier molecular flexibility index (Phi) is 7.33. The lowest BCUT2D eigenvalue weighted by Crippen LogP contribution is -2.33. The van der Waals surface area contributed by atoms with Crippen LogP contribution in [0.3, 0.4) is 0 Å². The van der Waals surface area contributed by atoms with E-state index in [4.69, 9.17) is 4.74 Å². The van der Waals surface area contributed by atoms with Gasteiger partial charge in [-0.15, -0.1) is 0 Å². The highest BCUT2D eigenvalue weighted by molar-refractivity contribution is 7.89. The van der Waals surface area contributed by atoms with Crippen molar-refractivity contribution in [2.45, 2.75) is 36.6 Å². The lowest BCUT2D eigenvalue weighted by atomic mass is 10.1. The second-order valence-corrected chi connectivity index (χ2v) is 10.3. The first-order chi connectivity index (χ1) is 16.4. The molecule has 34 heavy (non-hydrogen) atoms. The summed E-state index contributed by atoms with van der Waals surface area (Å²) in [6.07, 6.45) is 7.21. The molecule has 1 atom stereocenters. The maximum Gasteiger partial charge on any atom is 0.255 e. The summed E-state index contributed by atoms with van der Waals surface area (Å²) in [7, 11) is -0.394. The molecule has 0 aliphatic carbocycles. The maximum absolute atomic E-state index is 13.5.